The Morgan fingerprint density at radius 2 is 2.10 bits per heavy atom. The second-order valence-corrected chi connectivity index (χ2v) is 5.86. The number of ether oxygens (including phenoxy) is 1. The lowest BCUT2D eigenvalue weighted by Crippen LogP contribution is -2.43. The van der Waals surface area contributed by atoms with Crippen molar-refractivity contribution < 1.29 is 9.84 Å². The van der Waals surface area contributed by atoms with E-state index in [1.54, 1.807) is 0 Å². The van der Waals surface area contributed by atoms with E-state index >= 15 is 0 Å². The predicted octanol–water partition coefficient (Wildman–Crippen LogP) is 2.63. The first-order chi connectivity index (χ1) is 10.3. The molecule has 1 aromatic carbocycles. The van der Waals surface area contributed by atoms with Crippen molar-refractivity contribution in [1.29, 1.82) is 0 Å². The summed E-state index contributed by atoms with van der Waals surface area (Å²) in [6.45, 7) is 2.33. The third kappa shape index (κ3) is 3.74. The molecule has 21 heavy (non-hydrogen) atoms. The van der Waals surface area contributed by atoms with Gasteiger partial charge in [-0.2, -0.15) is 0 Å². The quantitative estimate of drug-likeness (QED) is 0.893. The maximum Gasteiger partial charge on any atom is 0.115 e. The molecule has 0 bridgehead atoms. The average molecular weight is 285 g/mol. The van der Waals surface area contributed by atoms with Crippen LogP contribution in [-0.4, -0.2) is 24.3 Å². The molecule has 1 heterocycles. The molecule has 2 aliphatic rings. The number of aliphatic hydroxyl groups excluding tert-OH is 1. The van der Waals surface area contributed by atoms with Gasteiger partial charge in [0.2, 0.25) is 0 Å². The molecule has 1 saturated heterocycles. The van der Waals surface area contributed by atoms with Gasteiger partial charge >= 0.3 is 0 Å². The number of rotatable bonds is 4. The molecule has 1 aliphatic carbocycles. The minimum absolute atomic E-state index is 0.228. The standard InChI is InChI=1S/C18H23NO2/c20-18-12-19-11-10-17(18)15-6-8-16(9-7-15)21-13-14-4-2-1-3-5-14/h1-6,8-9,15,17-20H,7,10-13H2/t15?,17-,18+/m1/s1. The van der Waals surface area contributed by atoms with Crippen LogP contribution in [0.1, 0.15) is 18.4 Å². The van der Waals surface area contributed by atoms with E-state index in [2.05, 4.69) is 35.7 Å². The molecule has 3 atom stereocenters. The van der Waals surface area contributed by atoms with Crippen LogP contribution in [0.3, 0.4) is 0 Å². The highest BCUT2D eigenvalue weighted by molar-refractivity contribution is 5.20. The Labute approximate surface area is 126 Å². The van der Waals surface area contributed by atoms with E-state index in [0.29, 0.717) is 18.4 Å². The molecular formula is C18H23NO2. The lowest BCUT2D eigenvalue weighted by atomic mass is 9.79. The van der Waals surface area contributed by atoms with E-state index in [1.807, 2.05) is 18.2 Å². The van der Waals surface area contributed by atoms with Crippen molar-refractivity contribution in [3.8, 4) is 0 Å². The summed E-state index contributed by atoms with van der Waals surface area (Å²) in [5.74, 6) is 1.75. The first kappa shape index (κ1) is 14.4. The fraction of sp³-hybridized carbons (Fsp3) is 0.444. The molecule has 1 fully saturated rings. The number of β-amino-alcohol motifs (C(OH)–C–C–N with tert-alkyl or cyclic N) is 1. The van der Waals surface area contributed by atoms with Crippen LogP contribution in [0.15, 0.2) is 54.3 Å². The van der Waals surface area contributed by atoms with Gasteiger partial charge in [-0.3, -0.25) is 0 Å². The molecule has 2 N–H and O–H groups in total. The Bertz CT molecular complexity index is 509. The van der Waals surface area contributed by atoms with Gasteiger partial charge in [-0.25, -0.2) is 0 Å². The van der Waals surface area contributed by atoms with Crippen molar-refractivity contribution in [1.82, 2.24) is 5.32 Å². The highest BCUT2D eigenvalue weighted by atomic mass is 16.5. The van der Waals surface area contributed by atoms with Crippen LogP contribution in [0, 0.1) is 11.8 Å². The van der Waals surface area contributed by atoms with Crippen LogP contribution in [0.4, 0.5) is 0 Å². The zero-order chi connectivity index (χ0) is 14.5. The van der Waals surface area contributed by atoms with E-state index in [9.17, 15) is 5.11 Å². The number of allylic oxidation sites excluding steroid dienone is 3. The predicted molar refractivity (Wildman–Crippen MR) is 83.5 cm³/mol. The lowest BCUT2D eigenvalue weighted by molar-refractivity contribution is 0.0589. The summed E-state index contributed by atoms with van der Waals surface area (Å²) >= 11 is 0. The topological polar surface area (TPSA) is 41.5 Å². The minimum atomic E-state index is -0.228. The zero-order valence-corrected chi connectivity index (χ0v) is 12.2. The van der Waals surface area contributed by atoms with Gasteiger partial charge in [0.1, 0.15) is 12.4 Å². The molecule has 3 heteroatoms. The number of hydrogen-bond donors (Lipinski definition) is 2. The van der Waals surface area contributed by atoms with Gasteiger partial charge in [0.25, 0.3) is 0 Å². The number of aliphatic hydroxyl groups is 1. The lowest BCUT2D eigenvalue weighted by Gasteiger charge is -2.34. The third-order valence-electron chi connectivity index (χ3n) is 4.40. The molecule has 0 radical (unpaired) electrons. The van der Waals surface area contributed by atoms with Crippen LogP contribution in [-0.2, 0) is 11.3 Å². The SMILES string of the molecule is O[C@H]1CNCC[C@@H]1C1C=CC(OCc2ccccc2)=CC1. The number of benzene rings is 1. The molecule has 3 rings (SSSR count). The monoisotopic (exact) mass is 285 g/mol. The number of hydrogen-bond acceptors (Lipinski definition) is 3. The number of nitrogens with one attached hydrogen (secondary N) is 1. The summed E-state index contributed by atoms with van der Waals surface area (Å²) in [6.07, 6.45) is 8.20. The van der Waals surface area contributed by atoms with Crippen molar-refractivity contribution >= 4 is 0 Å². The van der Waals surface area contributed by atoms with E-state index in [4.69, 9.17) is 4.74 Å². The maximum atomic E-state index is 10.1. The van der Waals surface area contributed by atoms with E-state index in [1.165, 1.54) is 5.56 Å². The molecule has 1 unspecified atom stereocenters. The Kier molecular flexibility index (Phi) is 4.73. The van der Waals surface area contributed by atoms with Crippen LogP contribution >= 0.6 is 0 Å². The summed E-state index contributed by atoms with van der Waals surface area (Å²) in [5.41, 5.74) is 1.18. The van der Waals surface area contributed by atoms with Crippen molar-refractivity contribution in [2.75, 3.05) is 13.1 Å². The number of piperidine rings is 1. The first-order valence-electron chi connectivity index (χ1n) is 7.77. The zero-order valence-electron chi connectivity index (χ0n) is 12.2. The van der Waals surface area contributed by atoms with Gasteiger partial charge in [0.15, 0.2) is 0 Å². The Morgan fingerprint density at radius 1 is 1.24 bits per heavy atom. The molecular weight excluding hydrogens is 262 g/mol. The molecule has 1 aliphatic heterocycles. The normalized spacial score (nSPS) is 29.0. The fourth-order valence-electron chi connectivity index (χ4n) is 3.14. The van der Waals surface area contributed by atoms with Crippen LogP contribution in [0.2, 0.25) is 0 Å². The van der Waals surface area contributed by atoms with Gasteiger partial charge in [-0.15, -0.1) is 0 Å². The molecule has 0 aromatic heterocycles. The van der Waals surface area contributed by atoms with E-state index in [-0.39, 0.29) is 6.10 Å². The maximum absolute atomic E-state index is 10.1. The smallest absolute Gasteiger partial charge is 0.115 e. The second kappa shape index (κ2) is 6.92. The molecule has 1 aromatic rings. The van der Waals surface area contributed by atoms with Crippen molar-refractivity contribution in [3.05, 3.63) is 59.9 Å². The van der Waals surface area contributed by atoms with Gasteiger partial charge in [-0.05, 0) is 48.9 Å². The summed E-state index contributed by atoms with van der Waals surface area (Å²) in [5, 5.41) is 13.3. The van der Waals surface area contributed by atoms with Crippen molar-refractivity contribution in [2.24, 2.45) is 11.8 Å². The van der Waals surface area contributed by atoms with Gasteiger partial charge in [0, 0.05) is 6.54 Å². The Balaban J connectivity index is 1.51. The van der Waals surface area contributed by atoms with E-state index < -0.39 is 0 Å². The molecule has 0 saturated carbocycles. The highest BCUT2D eigenvalue weighted by Gasteiger charge is 2.29. The van der Waals surface area contributed by atoms with Gasteiger partial charge < -0.3 is 15.2 Å². The average Bonchev–Trinajstić information content (AvgIpc) is 2.55. The van der Waals surface area contributed by atoms with Gasteiger partial charge in [0.05, 0.1) is 6.10 Å². The summed E-state index contributed by atoms with van der Waals surface area (Å²) < 4.78 is 5.83. The van der Waals surface area contributed by atoms with Crippen LogP contribution in [0.5, 0.6) is 0 Å². The van der Waals surface area contributed by atoms with Crippen molar-refractivity contribution in [2.45, 2.75) is 25.6 Å². The van der Waals surface area contributed by atoms with Crippen LogP contribution < -0.4 is 5.32 Å². The highest BCUT2D eigenvalue weighted by Crippen LogP contribution is 2.30. The largest absolute Gasteiger partial charge is 0.489 e. The molecule has 112 valence electrons. The van der Waals surface area contributed by atoms with Gasteiger partial charge in [-0.1, -0.05) is 36.4 Å². The summed E-state index contributed by atoms with van der Waals surface area (Å²) in [4.78, 5) is 0. The Hall–Kier alpha value is -1.58. The minimum Gasteiger partial charge on any atom is -0.489 e. The second-order valence-electron chi connectivity index (χ2n) is 5.86. The van der Waals surface area contributed by atoms with Crippen molar-refractivity contribution in [3.63, 3.8) is 0 Å². The molecule has 3 nitrogen and oxygen atoms in total. The van der Waals surface area contributed by atoms with E-state index in [0.717, 1.165) is 31.7 Å². The molecule has 0 spiro atoms. The molecule has 0 amide bonds. The third-order valence-corrected chi connectivity index (χ3v) is 4.40. The fourth-order valence-corrected chi connectivity index (χ4v) is 3.14. The Morgan fingerprint density at radius 3 is 2.81 bits per heavy atom. The first-order valence-corrected chi connectivity index (χ1v) is 7.77. The summed E-state index contributed by atoms with van der Waals surface area (Å²) in [7, 11) is 0. The van der Waals surface area contributed by atoms with Crippen LogP contribution in [0.25, 0.3) is 0 Å². The summed E-state index contributed by atoms with van der Waals surface area (Å²) in [6, 6.07) is 10.2.